The zero-order chi connectivity index (χ0) is 20.5. The number of fused-ring (bicyclic) bond motifs is 1. The molecule has 0 aliphatic heterocycles. The van der Waals surface area contributed by atoms with Crippen LogP contribution in [0.4, 0.5) is 13.6 Å². The third kappa shape index (κ3) is 4.85. The molecule has 1 amide bonds. The Morgan fingerprint density at radius 3 is 2.71 bits per heavy atom. The van der Waals surface area contributed by atoms with Gasteiger partial charge in [-0.05, 0) is 51.2 Å². The molecule has 3 rings (SSSR count). The second-order valence-electron chi connectivity index (χ2n) is 8.28. The number of hydrogen-bond donors (Lipinski definition) is 1. The summed E-state index contributed by atoms with van der Waals surface area (Å²) in [5.74, 6) is -2.80. The maximum absolute atomic E-state index is 13.6. The van der Waals surface area contributed by atoms with E-state index in [-0.39, 0.29) is 18.8 Å². The van der Waals surface area contributed by atoms with E-state index in [1.165, 1.54) is 0 Å². The Bertz CT molecular complexity index is 863. The number of alkyl carbamates (subject to hydrolysis) is 1. The number of ether oxygens (including phenoxy) is 1. The van der Waals surface area contributed by atoms with Crippen LogP contribution in [-0.4, -0.2) is 32.2 Å². The average molecular weight is 392 g/mol. The quantitative estimate of drug-likeness (QED) is 0.814. The highest BCUT2D eigenvalue weighted by atomic mass is 19.3. The minimum atomic E-state index is -2.65. The molecule has 0 radical (unpaired) electrons. The van der Waals surface area contributed by atoms with E-state index in [1.54, 1.807) is 43.8 Å². The van der Waals surface area contributed by atoms with Gasteiger partial charge in [-0.2, -0.15) is 5.10 Å². The van der Waals surface area contributed by atoms with Crippen molar-refractivity contribution in [2.45, 2.75) is 64.0 Å². The van der Waals surface area contributed by atoms with Gasteiger partial charge in [0.15, 0.2) is 5.65 Å². The van der Waals surface area contributed by atoms with Crippen LogP contribution in [-0.2, 0) is 4.74 Å². The molecule has 1 atom stereocenters. The lowest BCUT2D eigenvalue weighted by atomic mass is 9.81. The van der Waals surface area contributed by atoms with E-state index in [2.05, 4.69) is 22.0 Å². The van der Waals surface area contributed by atoms with Crippen LogP contribution in [0.2, 0.25) is 0 Å². The van der Waals surface area contributed by atoms with Gasteiger partial charge in [0.2, 0.25) is 5.92 Å². The van der Waals surface area contributed by atoms with Crippen LogP contribution in [0.25, 0.3) is 11.7 Å². The molecular formula is C20H26F2N4O2. The van der Waals surface area contributed by atoms with Gasteiger partial charge in [-0.1, -0.05) is 12.7 Å². The first-order chi connectivity index (χ1) is 13.1. The van der Waals surface area contributed by atoms with Gasteiger partial charge in [0.1, 0.15) is 5.60 Å². The monoisotopic (exact) mass is 392 g/mol. The smallest absolute Gasteiger partial charge is 0.408 e. The molecule has 2 heterocycles. The number of amides is 1. The molecule has 1 saturated carbocycles. The number of alkyl halides is 2. The molecule has 0 spiro atoms. The molecule has 6 nitrogen and oxygen atoms in total. The molecule has 1 aliphatic carbocycles. The molecule has 1 unspecified atom stereocenters. The Morgan fingerprint density at radius 1 is 1.43 bits per heavy atom. The second-order valence-corrected chi connectivity index (χ2v) is 8.28. The highest BCUT2D eigenvalue weighted by Crippen LogP contribution is 2.41. The number of halogens is 2. The Hall–Kier alpha value is -2.51. The predicted molar refractivity (Wildman–Crippen MR) is 102 cm³/mol. The number of carbonyl (C=O) groups excluding carboxylic acids is 1. The van der Waals surface area contributed by atoms with Crippen LogP contribution < -0.4 is 5.32 Å². The van der Waals surface area contributed by atoms with Crippen molar-refractivity contribution in [2.75, 3.05) is 0 Å². The molecule has 1 N–H and O–H groups in total. The summed E-state index contributed by atoms with van der Waals surface area (Å²) in [6.45, 7) is 9.04. The van der Waals surface area contributed by atoms with Crippen LogP contribution in [0.3, 0.4) is 0 Å². The van der Waals surface area contributed by atoms with E-state index in [4.69, 9.17) is 4.74 Å². The van der Waals surface area contributed by atoms with E-state index in [1.807, 2.05) is 6.07 Å². The van der Waals surface area contributed by atoms with E-state index in [0.717, 1.165) is 5.56 Å². The SMILES string of the molecule is C=Cc1cnn2cc(C(NC(=O)OC(C)(C)C)C3CCC(F)(F)CC3)nc2c1. The van der Waals surface area contributed by atoms with Crippen molar-refractivity contribution >= 4 is 17.8 Å². The average Bonchev–Trinajstić information content (AvgIpc) is 3.01. The molecule has 28 heavy (non-hydrogen) atoms. The van der Waals surface area contributed by atoms with Crippen LogP contribution in [0, 0.1) is 5.92 Å². The summed E-state index contributed by atoms with van der Waals surface area (Å²) >= 11 is 0. The van der Waals surface area contributed by atoms with Crippen LogP contribution in [0.5, 0.6) is 0 Å². The number of hydrogen-bond acceptors (Lipinski definition) is 4. The fraction of sp³-hybridized carbons (Fsp3) is 0.550. The van der Waals surface area contributed by atoms with E-state index in [9.17, 15) is 13.6 Å². The maximum Gasteiger partial charge on any atom is 0.408 e. The third-order valence-electron chi connectivity index (χ3n) is 4.82. The van der Waals surface area contributed by atoms with Gasteiger partial charge in [-0.3, -0.25) is 0 Å². The number of imidazole rings is 1. The summed E-state index contributed by atoms with van der Waals surface area (Å²) in [6, 6.07) is 1.29. The molecule has 8 heteroatoms. The molecule has 2 aromatic rings. The summed E-state index contributed by atoms with van der Waals surface area (Å²) in [5.41, 5.74) is 1.34. The number of aromatic nitrogens is 3. The molecule has 152 valence electrons. The van der Waals surface area contributed by atoms with Crippen LogP contribution in [0.1, 0.15) is 63.8 Å². The molecule has 0 saturated heterocycles. The van der Waals surface area contributed by atoms with Crippen molar-refractivity contribution in [3.63, 3.8) is 0 Å². The third-order valence-corrected chi connectivity index (χ3v) is 4.82. The van der Waals surface area contributed by atoms with Crippen LogP contribution >= 0.6 is 0 Å². The van der Waals surface area contributed by atoms with Gasteiger partial charge >= 0.3 is 6.09 Å². The summed E-state index contributed by atoms with van der Waals surface area (Å²) in [4.78, 5) is 17.0. The van der Waals surface area contributed by atoms with Gasteiger partial charge < -0.3 is 10.1 Å². The predicted octanol–water partition coefficient (Wildman–Crippen LogP) is 4.76. The van der Waals surface area contributed by atoms with Gasteiger partial charge in [-0.15, -0.1) is 0 Å². The first kappa shape index (κ1) is 20.2. The van der Waals surface area contributed by atoms with Crippen molar-refractivity contribution < 1.29 is 18.3 Å². The lowest BCUT2D eigenvalue weighted by Crippen LogP contribution is -2.40. The molecule has 2 aromatic heterocycles. The van der Waals surface area contributed by atoms with Crippen molar-refractivity contribution in [3.8, 4) is 0 Å². The summed E-state index contributed by atoms with van der Waals surface area (Å²) in [5, 5.41) is 7.13. The molecule has 0 bridgehead atoms. The van der Waals surface area contributed by atoms with Crippen LogP contribution in [0.15, 0.2) is 25.0 Å². The number of carbonyl (C=O) groups is 1. The second kappa shape index (κ2) is 7.48. The lowest BCUT2D eigenvalue weighted by Gasteiger charge is -2.33. The topological polar surface area (TPSA) is 68.5 Å². The Morgan fingerprint density at radius 2 is 2.11 bits per heavy atom. The molecule has 0 aromatic carbocycles. The van der Waals surface area contributed by atoms with Crippen molar-refractivity contribution in [3.05, 3.63) is 36.3 Å². The molecular weight excluding hydrogens is 366 g/mol. The van der Waals surface area contributed by atoms with Gasteiger partial charge in [-0.25, -0.2) is 23.1 Å². The van der Waals surface area contributed by atoms with Gasteiger partial charge in [0.25, 0.3) is 0 Å². The first-order valence-electron chi connectivity index (χ1n) is 9.41. The Kier molecular flexibility index (Phi) is 5.41. The highest BCUT2D eigenvalue weighted by Gasteiger charge is 2.39. The summed E-state index contributed by atoms with van der Waals surface area (Å²) in [7, 11) is 0. The zero-order valence-electron chi connectivity index (χ0n) is 16.4. The zero-order valence-corrected chi connectivity index (χ0v) is 16.4. The lowest BCUT2D eigenvalue weighted by molar-refractivity contribution is -0.0500. The van der Waals surface area contributed by atoms with Gasteiger partial charge in [0, 0.05) is 12.8 Å². The first-order valence-corrected chi connectivity index (χ1v) is 9.41. The fourth-order valence-corrected chi connectivity index (χ4v) is 3.43. The Balaban J connectivity index is 1.89. The standard InChI is InChI=1S/C20H26F2N4O2/c1-5-13-10-16-24-15(12-26(16)23-11-13)17(25-18(27)28-19(2,3)4)14-6-8-20(21,22)9-7-14/h5,10-12,14,17H,1,6-9H2,2-4H3,(H,25,27). The highest BCUT2D eigenvalue weighted by molar-refractivity contribution is 5.68. The fourth-order valence-electron chi connectivity index (χ4n) is 3.43. The van der Waals surface area contributed by atoms with Gasteiger partial charge in [0.05, 0.1) is 24.1 Å². The summed E-state index contributed by atoms with van der Waals surface area (Å²) in [6.07, 6.45) is 4.65. The van der Waals surface area contributed by atoms with Crippen molar-refractivity contribution in [1.82, 2.24) is 19.9 Å². The largest absolute Gasteiger partial charge is 0.444 e. The minimum Gasteiger partial charge on any atom is -0.444 e. The minimum absolute atomic E-state index is 0.157. The number of rotatable bonds is 4. The maximum atomic E-state index is 13.6. The number of nitrogens with zero attached hydrogens (tertiary/aromatic N) is 3. The van der Waals surface area contributed by atoms with E-state index >= 15 is 0 Å². The van der Waals surface area contributed by atoms with E-state index < -0.39 is 23.7 Å². The number of nitrogens with one attached hydrogen (secondary N) is 1. The van der Waals surface area contributed by atoms with Crippen molar-refractivity contribution in [2.24, 2.45) is 5.92 Å². The van der Waals surface area contributed by atoms with Crippen molar-refractivity contribution in [1.29, 1.82) is 0 Å². The van der Waals surface area contributed by atoms with E-state index in [0.29, 0.717) is 24.2 Å². The molecule has 1 aliphatic rings. The Labute approximate surface area is 163 Å². The molecule has 1 fully saturated rings. The summed E-state index contributed by atoms with van der Waals surface area (Å²) < 4.78 is 34.2. The normalized spacial score (nSPS) is 18.6.